The van der Waals surface area contributed by atoms with Crippen molar-refractivity contribution in [1.29, 1.82) is 0 Å². The summed E-state index contributed by atoms with van der Waals surface area (Å²) >= 11 is 0. The summed E-state index contributed by atoms with van der Waals surface area (Å²) in [7, 11) is 0. The molecule has 0 aliphatic carbocycles. The fraction of sp³-hybridized carbons (Fsp3) is 0.167. The number of pyridine rings is 1. The highest BCUT2D eigenvalue weighted by Crippen LogP contribution is 2.22. The number of nitrogens with zero attached hydrogens (tertiary/aromatic N) is 3. The van der Waals surface area contributed by atoms with Crippen LogP contribution in [-0.2, 0) is 0 Å². The highest BCUT2D eigenvalue weighted by Gasteiger charge is 2.26. The first-order chi connectivity index (χ1) is 15.2. The van der Waals surface area contributed by atoms with Crippen LogP contribution >= 0.6 is 0 Å². The average molecular weight is 411 g/mol. The zero-order chi connectivity index (χ0) is 21.2. The summed E-state index contributed by atoms with van der Waals surface area (Å²) in [5.74, 6) is 0.464. The molecule has 3 heterocycles. The number of benzene rings is 2. The molecule has 0 saturated carbocycles. The second-order valence-corrected chi connectivity index (χ2v) is 7.59. The number of nitrogens with one attached hydrogen (secondary N) is 2. The first kappa shape index (κ1) is 19.0. The number of aromatic nitrogens is 3. The Labute approximate surface area is 178 Å². The largest absolute Gasteiger partial charge is 0.347 e. The van der Waals surface area contributed by atoms with Gasteiger partial charge in [0.25, 0.3) is 11.5 Å². The number of hydrogen-bond donors (Lipinski definition) is 2. The molecule has 4 aromatic rings. The van der Waals surface area contributed by atoms with E-state index in [1.165, 1.54) is 6.20 Å². The van der Waals surface area contributed by atoms with Crippen LogP contribution in [0.2, 0.25) is 0 Å². The summed E-state index contributed by atoms with van der Waals surface area (Å²) in [6.07, 6.45) is 4.05. The Bertz CT molecular complexity index is 1300. The molecule has 1 amide bonds. The Morgan fingerprint density at radius 3 is 2.65 bits per heavy atom. The van der Waals surface area contributed by atoms with Crippen LogP contribution in [0.4, 0.5) is 5.95 Å². The van der Waals surface area contributed by atoms with E-state index in [1.807, 2.05) is 42.5 Å². The van der Waals surface area contributed by atoms with Gasteiger partial charge in [-0.2, -0.15) is 0 Å². The Balaban J connectivity index is 1.32. The minimum absolute atomic E-state index is 0.0258. The first-order valence-electron chi connectivity index (χ1n) is 10.2. The molecule has 2 N–H and O–H groups in total. The van der Waals surface area contributed by atoms with Crippen LogP contribution in [-0.4, -0.2) is 40.0 Å². The van der Waals surface area contributed by atoms with E-state index in [0.29, 0.717) is 28.8 Å². The monoisotopic (exact) mass is 411 g/mol. The van der Waals surface area contributed by atoms with Gasteiger partial charge in [0.15, 0.2) is 0 Å². The molecule has 1 saturated heterocycles. The summed E-state index contributed by atoms with van der Waals surface area (Å²) in [6, 6.07) is 19.0. The number of rotatable bonds is 4. The number of fused-ring (bicyclic) bond motifs is 1. The molecule has 1 aliphatic heterocycles. The minimum Gasteiger partial charge on any atom is -0.347 e. The van der Waals surface area contributed by atoms with E-state index in [4.69, 9.17) is 4.98 Å². The Hall–Kier alpha value is -4.00. The van der Waals surface area contributed by atoms with E-state index in [2.05, 4.69) is 20.2 Å². The molecular weight excluding hydrogens is 390 g/mol. The molecule has 1 atom stereocenters. The predicted molar refractivity (Wildman–Crippen MR) is 120 cm³/mol. The molecule has 0 radical (unpaired) electrons. The summed E-state index contributed by atoms with van der Waals surface area (Å²) in [4.78, 5) is 38.8. The van der Waals surface area contributed by atoms with E-state index in [9.17, 15) is 9.59 Å². The van der Waals surface area contributed by atoms with Gasteiger partial charge >= 0.3 is 0 Å². The molecule has 1 unspecified atom stereocenters. The molecule has 1 fully saturated rings. The summed E-state index contributed by atoms with van der Waals surface area (Å²) in [6.45, 7) is 1.39. The number of anilines is 1. The normalized spacial score (nSPS) is 15.9. The topological polar surface area (TPSA) is 91.0 Å². The first-order valence-corrected chi connectivity index (χ1v) is 10.2. The van der Waals surface area contributed by atoms with Crippen LogP contribution in [0.1, 0.15) is 16.8 Å². The Morgan fingerprint density at radius 2 is 1.81 bits per heavy atom. The van der Waals surface area contributed by atoms with Crippen LogP contribution in [0.5, 0.6) is 0 Å². The van der Waals surface area contributed by atoms with Crippen LogP contribution in [0, 0.1) is 0 Å². The molecule has 2 aromatic carbocycles. The molecule has 5 rings (SSSR count). The van der Waals surface area contributed by atoms with Crippen molar-refractivity contribution in [2.24, 2.45) is 0 Å². The van der Waals surface area contributed by atoms with Crippen molar-refractivity contribution in [3.8, 4) is 11.3 Å². The van der Waals surface area contributed by atoms with E-state index in [0.717, 1.165) is 24.2 Å². The van der Waals surface area contributed by atoms with Gasteiger partial charge in [-0.1, -0.05) is 48.5 Å². The van der Waals surface area contributed by atoms with Gasteiger partial charge in [-0.25, -0.2) is 9.97 Å². The lowest BCUT2D eigenvalue weighted by Crippen LogP contribution is -2.37. The standard InChI is InChI=1S/C24H21N5O2/c30-22-19-9-5-4-8-18(19)20(14-26-22)23(31)27-17-11-13-29(15-17)24-25-12-10-21(28-24)16-6-2-1-3-7-16/h1-10,12,14,17H,11,13,15H2,(H,26,30)(H,27,31). The molecule has 154 valence electrons. The maximum atomic E-state index is 12.9. The van der Waals surface area contributed by atoms with Crippen molar-refractivity contribution in [3.05, 3.63) is 89.0 Å². The lowest BCUT2D eigenvalue weighted by molar-refractivity contribution is 0.0941. The van der Waals surface area contributed by atoms with E-state index in [1.54, 1.807) is 24.4 Å². The van der Waals surface area contributed by atoms with Crippen molar-refractivity contribution < 1.29 is 4.79 Å². The summed E-state index contributed by atoms with van der Waals surface area (Å²) in [5, 5.41) is 4.25. The number of aromatic amines is 1. The van der Waals surface area contributed by atoms with Gasteiger partial charge < -0.3 is 15.2 Å². The zero-order valence-corrected chi connectivity index (χ0v) is 16.8. The van der Waals surface area contributed by atoms with Crippen LogP contribution in [0.25, 0.3) is 22.0 Å². The van der Waals surface area contributed by atoms with E-state index in [-0.39, 0.29) is 17.5 Å². The van der Waals surface area contributed by atoms with Gasteiger partial charge in [0.05, 0.1) is 11.3 Å². The second kappa shape index (κ2) is 8.02. The van der Waals surface area contributed by atoms with Crippen LogP contribution in [0.3, 0.4) is 0 Å². The molecule has 7 nitrogen and oxygen atoms in total. The van der Waals surface area contributed by atoms with Gasteiger partial charge in [0, 0.05) is 47.9 Å². The molecular formula is C24H21N5O2. The van der Waals surface area contributed by atoms with E-state index >= 15 is 0 Å². The lowest BCUT2D eigenvalue weighted by atomic mass is 10.1. The minimum atomic E-state index is -0.199. The van der Waals surface area contributed by atoms with Crippen molar-refractivity contribution in [2.75, 3.05) is 18.0 Å². The van der Waals surface area contributed by atoms with Crippen LogP contribution < -0.4 is 15.8 Å². The summed E-state index contributed by atoms with van der Waals surface area (Å²) < 4.78 is 0. The highest BCUT2D eigenvalue weighted by molar-refractivity contribution is 6.06. The van der Waals surface area contributed by atoms with Gasteiger partial charge in [-0.05, 0) is 18.6 Å². The lowest BCUT2D eigenvalue weighted by Gasteiger charge is -2.18. The maximum absolute atomic E-state index is 12.9. The quantitative estimate of drug-likeness (QED) is 0.539. The predicted octanol–water partition coefficient (Wildman–Crippen LogP) is 2.99. The molecule has 2 aromatic heterocycles. The molecule has 1 aliphatic rings. The van der Waals surface area contributed by atoms with Crippen molar-refractivity contribution in [2.45, 2.75) is 12.5 Å². The third-order valence-corrected chi connectivity index (χ3v) is 5.57. The number of carbonyl (C=O) groups is 1. The fourth-order valence-electron chi connectivity index (χ4n) is 3.99. The fourth-order valence-corrected chi connectivity index (χ4v) is 3.99. The van der Waals surface area contributed by atoms with Gasteiger partial charge in [-0.15, -0.1) is 0 Å². The third-order valence-electron chi connectivity index (χ3n) is 5.57. The SMILES string of the molecule is O=C(NC1CCN(c2nccc(-c3ccccc3)n2)C1)c1c[nH]c(=O)c2ccccc12. The number of hydrogen-bond acceptors (Lipinski definition) is 5. The van der Waals surface area contributed by atoms with Crippen molar-refractivity contribution in [3.63, 3.8) is 0 Å². The van der Waals surface area contributed by atoms with Gasteiger partial charge in [0.1, 0.15) is 0 Å². The summed E-state index contributed by atoms with van der Waals surface area (Å²) in [5.41, 5.74) is 2.18. The number of carbonyl (C=O) groups excluding carboxylic acids is 1. The number of H-pyrrole nitrogens is 1. The van der Waals surface area contributed by atoms with E-state index < -0.39 is 0 Å². The smallest absolute Gasteiger partial charge is 0.255 e. The van der Waals surface area contributed by atoms with Crippen LogP contribution in [0.15, 0.2) is 77.9 Å². The molecule has 31 heavy (non-hydrogen) atoms. The maximum Gasteiger partial charge on any atom is 0.255 e. The Morgan fingerprint density at radius 1 is 1.03 bits per heavy atom. The van der Waals surface area contributed by atoms with Crippen molar-refractivity contribution in [1.82, 2.24) is 20.3 Å². The number of amides is 1. The highest BCUT2D eigenvalue weighted by atomic mass is 16.2. The Kier molecular flexibility index (Phi) is 4.92. The molecule has 0 spiro atoms. The van der Waals surface area contributed by atoms with Gasteiger partial charge in [0.2, 0.25) is 5.95 Å². The zero-order valence-electron chi connectivity index (χ0n) is 16.8. The van der Waals surface area contributed by atoms with Gasteiger partial charge in [-0.3, -0.25) is 9.59 Å². The third kappa shape index (κ3) is 3.77. The van der Waals surface area contributed by atoms with Crippen molar-refractivity contribution >= 4 is 22.6 Å². The second-order valence-electron chi connectivity index (χ2n) is 7.59. The average Bonchev–Trinajstić information content (AvgIpc) is 3.28. The molecule has 7 heteroatoms. The molecule has 0 bridgehead atoms.